The van der Waals surface area contributed by atoms with E-state index in [2.05, 4.69) is 36.1 Å². The van der Waals surface area contributed by atoms with Gasteiger partial charge in [0, 0.05) is 19.3 Å². The molecule has 3 rings (SSSR count). The lowest BCUT2D eigenvalue weighted by Crippen LogP contribution is -2.14. The van der Waals surface area contributed by atoms with Crippen LogP contribution in [0.3, 0.4) is 0 Å². The number of carbonyl (C=O) groups is 1. The first-order chi connectivity index (χ1) is 10.9. The Balaban J connectivity index is 2.14. The Morgan fingerprint density at radius 2 is 1.96 bits per heavy atom. The maximum atomic E-state index is 12.4. The van der Waals surface area contributed by atoms with Crippen LogP contribution in [0.2, 0.25) is 0 Å². The SMILES string of the molecule is CCn1nc(C(=O)N=c2sc3c(C)ccc(C)c3n2C)cc1C. The second kappa shape index (κ2) is 5.77. The van der Waals surface area contributed by atoms with Gasteiger partial charge in [-0.25, -0.2) is 0 Å². The van der Waals surface area contributed by atoms with Crippen molar-refractivity contribution in [2.24, 2.45) is 12.0 Å². The Morgan fingerprint density at radius 1 is 1.26 bits per heavy atom. The van der Waals surface area contributed by atoms with Crippen molar-refractivity contribution < 1.29 is 4.79 Å². The van der Waals surface area contributed by atoms with Gasteiger partial charge in [0.2, 0.25) is 0 Å². The molecule has 0 bridgehead atoms. The van der Waals surface area contributed by atoms with Crippen LogP contribution in [0, 0.1) is 20.8 Å². The predicted molar refractivity (Wildman–Crippen MR) is 92.8 cm³/mol. The lowest BCUT2D eigenvalue weighted by atomic mass is 10.1. The number of amides is 1. The summed E-state index contributed by atoms with van der Waals surface area (Å²) in [5.74, 6) is -0.294. The first-order valence-corrected chi connectivity index (χ1v) is 8.43. The average Bonchev–Trinajstić information content (AvgIpc) is 3.05. The molecule has 0 N–H and O–H groups in total. The molecule has 0 atom stereocenters. The van der Waals surface area contributed by atoms with E-state index >= 15 is 0 Å². The van der Waals surface area contributed by atoms with Crippen LogP contribution in [0.15, 0.2) is 23.2 Å². The summed E-state index contributed by atoms with van der Waals surface area (Å²) in [7, 11) is 1.95. The molecule has 0 radical (unpaired) electrons. The van der Waals surface area contributed by atoms with Crippen molar-refractivity contribution in [1.29, 1.82) is 0 Å². The van der Waals surface area contributed by atoms with Gasteiger partial charge < -0.3 is 4.57 Å². The van der Waals surface area contributed by atoms with Crippen molar-refractivity contribution in [3.63, 3.8) is 0 Å². The normalized spacial score (nSPS) is 12.3. The summed E-state index contributed by atoms with van der Waals surface area (Å²) in [5, 5.41) is 4.31. The topological polar surface area (TPSA) is 52.2 Å². The molecule has 3 aromatic rings. The molecular formula is C17H20N4OS. The number of aryl methyl sites for hydroxylation is 5. The van der Waals surface area contributed by atoms with Gasteiger partial charge in [0.25, 0.3) is 5.91 Å². The van der Waals surface area contributed by atoms with Crippen molar-refractivity contribution in [1.82, 2.24) is 14.3 Å². The molecule has 0 aliphatic rings. The molecule has 0 saturated carbocycles. The van der Waals surface area contributed by atoms with E-state index in [-0.39, 0.29) is 5.91 Å². The molecule has 0 saturated heterocycles. The zero-order valence-corrected chi connectivity index (χ0v) is 14.9. The van der Waals surface area contributed by atoms with Crippen molar-refractivity contribution in [2.75, 3.05) is 0 Å². The Morgan fingerprint density at radius 3 is 2.57 bits per heavy atom. The number of nitrogens with zero attached hydrogens (tertiary/aromatic N) is 4. The molecule has 5 nitrogen and oxygen atoms in total. The average molecular weight is 328 g/mol. The van der Waals surface area contributed by atoms with Gasteiger partial charge in [-0.15, -0.1) is 0 Å². The number of benzene rings is 1. The van der Waals surface area contributed by atoms with Crippen molar-refractivity contribution in [3.8, 4) is 0 Å². The van der Waals surface area contributed by atoms with Gasteiger partial charge in [0.05, 0.1) is 10.2 Å². The molecule has 1 aromatic carbocycles. The molecule has 23 heavy (non-hydrogen) atoms. The number of hydrogen-bond acceptors (Lipinski definition) is 3. The molecule has 0 aliphatic heterocycles. The standard InChI is InChI=1S/C17H20N4OS/c1-6-21-12(4)9-13(19-21)16(22)18-17-20(5)14-10(2)7-8-11(3)15(14)23-17/h7-9H,6H2,1-5H3. The molecule has 0 unspecified atom stereocenters. The van der Waals surface area contributed by atoms with Gasteiger partial charge in [0.1, 0.15) is 0 Å². The first kappa shape index (κ1) is 15.7. The Labute approximate surface area is 138 Å². The van der Waals surface area contributed by atoms with Crippen LogP contribution in [0.25, 0.3) is 10.2 Å². The van der Waals surface area contributed by atoms with Crippen LogP contribution >= 0.6 is 11.3 Å². The molecule has 0 fully saturated rings. The minimum absolute atomic E-state index is 0.294. The van der Waals surface area contributed by atoms with Gasteiger partial charge in [-0.3, -0.25) is 9.48 Å². The molecule has 2 aromatic heterocycles. The molecule has 1 amide bonds. The van der Waals surface area contributed by atoms with E-state index in [1.807, 2.05) is 30.1 Å². The van der Waals surface area contributed by atoms with Crippen LogP contribution in [-0.4, -0.2) is 20.3 Å². The van der Waals surface area contributed by atoms with Crippen LogP contribution in [-0.2, 0) is 13.6 Å². The van der Waals surface area contributed by atoms with Gasteiger partial charge in [0.15, 0.2) is 10.5 Å². The molecule has 120 valence electrons. The summed E-state index contributed by atoms with van der Waals surface area (Å²) in [5.41, 5.74) is 4.89. The van der Waals surface area contributed by atoms with Crippen molar-refractivity contribution >= 4 is 27.5 Å². The van der Waals surface area contributed by atoms with Gasteiger partial charge in [-0.1, -0.05) is 23.5 Å². The molecule has 0 spiro atoms. The Kier molecular flexibility index (Phi) is 3.93. The number of fused-ring (bicyclic) bond motifs is 1. The van der Waals surface area contributed by atoms with E-state index < -0.39 is 0 Å². The van der Waals surface area contributed by atoms with Gasteiger partial charge in [-0.05, 0) is 44.9 Å². The number of hydrogen-bond donors (Lipinski definition) is 0. The third-order valence-electron chi connectivity index (χ3n) is 4.04. The summed E-state index contributed by atoms with van der Waals surface area (Å²) < 4.78 is 4.97. The smallest absolute Gasteiger partial charge is 0.300 e. The summed E-state index contributed by atoms with van der Waals surface area (Å²) >= 11 is 1.55. The first-order valence-electron chi connectivity index (χ1n) is 7.61. The number of carbonyl (C=O) groups excluding carboxylic acids is 1. The van der Waals surface area contributed by atoms with Crippen LogP contribution < -0.4 is 4.80 Å². The molecule has 0 aliphatic carbocycles. The summed E-state index contributed by atoms with van der Waals surface area (Å²) in [6.45, 7) is 8.85. The number of thiazole rings is 1. The van der Waals surface area contributed by atoms with E-state index in [0.29, 0.717) is 10.5 Å². The lowest BCUT2D eigenvalue weighted by molar-refractivity contribution is 0.0992. The molecule has 6 heteroatoms. The number of aromatic nitrogens is 3. The second-order valence-corrected chi connectivity index (χ2v) is 6.70. The maximum absolute atomic E-state index is 12.4. The molecule has 2 heterocycles. The third-order valence-corrected chi connectivity index (χ3v) is 5.31. The number of rotatable bonds is 2. The summed E-state index contributed by atoms with van der Waals surface area (Å²) in [6.07, 6.45) is 0. The van der Waals surface area contributed by atoms with Crippen molar-refractivity contribution in [2.45, 2.75) is 34.2 Å². The predicted octanol–water partition coefficient (Wildman–Crippen LogP) is 3.12. The minimum Gasteiger partial charge on any atom is -0.319 e. The maximum Gasteiger partial charge on any atom is 0.300 e. The fourth-order valence-corrected chi connectivity index (χ4v) is 3.91. The van der Waals surface area contributed by atoms with E-state index in [9.17, 15) is 4.79 Å². The molecular weight excluding hydrogens is 308 g/mol. The van der Waals surface area contributed by atoms with Crippen LogP contribution in [0.1, 0.15) is 34.2 Å². The monoisotopic (exact) mass is 328 g/mol. The van der Waals surface area contributed by atoms with Gasteiger partial charge >= 0.3 is 0 Å². The van der Waals surface area contributed by atoms with Crippen LogP contribution in [0.4, 0.5) is 0 Å². The summed E-state index contributed by atoms with van der Waals surface area (Å²) in [4.78, 5) is 17.4. The zero-order chi connectivity index (χ0) is 16.7. The Bertz CT molecular complexity index is 975. The second-order valence-electron chi connectivity index (χ2n) is 5.72. The largest absolute Gasteiger partial charge is 0.319 e. The zero-order valence-electron chi connectivity index (χ0n) is 14.0. The Hall–Kier alpha value is -2.21. The highest BCUT2D eigenvalue weighted by molar-refractivity contribution is 7.16. The third kappa shape index (κ3) is 2.63. The van der Waals surface area contributed by atoms with E-state index in [1.54, 1.807) is 17.4 Å². The lowest BCUT2D eigenvalue weighted by Gasteiger charge is -2.01. The fraction of sp³-hybridized carbons (Fsp3) is 0.353. The fourth-order valence-electron chi connectivity index (χ4n) is 2.75. The highest BCUT2D eigenvalue weighted by atomic mass is 32.1. The van der Waals surface area contributed by atoms with E-state index in [0.717, 1.165) is 17.8 Å². The van der Waals surface area contributed by atoms with Crippen molar-refractivity contribution in [3.05, 3.63) is 45.5 Å². The van der Waals surface area contributed by atoms with Crippen LogP contribution in [0.5, 0.6) is 0 Å². The highest BCUT2D eigenvalue weighted by Crippen LogP contribution is 2.24. The van der Waals surface area contributed by atoms with E-state index in [1.165, 1.54) is 15.8 Å². The quantitative estimate of drug-likeness (QED) is 0.726. The summed E-state index contributed by atoms with van der Waals surface area (Å²) in [6, 6.07) is 5.99. The van der Waals surface area contributed by atoms with Gasteiger partial charge in [-0.2, -0.15) is 10.1 Å². The highest BCUT2D eigenvalue weighted by Gasteiger charge is 2.13. The van der Waals surface area contributed by atoms with E-state index in [4.69, 9.17) is 0 Å². The minimum atomic E-state index is -0.294.